The van der Waals surface area contributed by atoms with E-state index >= 15 is 0 Å². The number of carbonyl (C=O) groups excluding carboxylic acids is 1. The molecule has 1 fully saturated rings. The fourth-order valence-corrected chi connectivity index (χ4v) is 5.96. The molecule has 7 nitrogen and oxygen atoms in total. The predicted octanol–water partition coefficient (Wildman–Crippen LogP) is 2.42. The van der Waals surface area contributed by atoms with Gasteiger partial charge >= 0.3 is 0 Å². The lowest BCUT2D eigenvalue weighted by Gasteiger charge is -2.16. The first-order valence-corrected chi connectivity index (χ1v) is 11.4. The molecule has 3 rings (SSSR count). The highest BCUT2D eigenvalue weighted by Crippen LogP contribution is 2.29. The molecule has 1 saturated heterocycles. The quantitative estimate of drug-likeness (QED) is 0.837. The molecule has 1 unspecified atom stereocenters. The zero-order chi connectivity index (χ0) is 20.0. The lowest BCUT2D eigenvalue weighted by Crippen LogP contribution is -2.30. The Hall–Kier alpha value is -2.39. The van der Waals surface area contributed by atoms with Gasteiger partial charge in [0.05, 0.1) is 22.3 Å². The van der Waals surface area contributed by atoms with Gasteiger partial charge in [-0.3, -0.25) is 9.52 Å². The van der Waals surface area contributed by atoms with E-state index in [2.05, 4.69) is 4.72 Å². The highest BCUT2D eigenvalue weighted by molar-refractivity contribution is 7.94. The Kier molecular flexibility index (Phi) is 4.77. The first kappa shape index (κ1) is 19.4. The van der Waals surface area contributed by atoms with E-state index in [1.165, 1.54) is 24.3 Å². The maximum Gasteiger partial charge on any atom is 0.261 e. The van der Waals surface area contributed by atoms with Crippen molar-refractivity contribution in [3.8, 4) is 0 Å². The van der Waals surface area contributed by atoms with Crippen molar-refractivity contribution in [3.63, 3.8) is 0 Å². The summed E-state index contributed by atoms with van der Waals surface area (Å²) in [6, 6.07) is 10.6. The van der Waals surface area contributed by atoms with Crippen LogP contribution in [0.15, 0.2) is 47.4 Å². The van der Waals surface area contributed by atoms with Crippen molar-refractivity contribution in [3.05, 3.63) is 53.6 Å². The fraction of sp³-hybridized carbons (Fsp3) is 0.278. The zero-order valence-electron chi connectivity index (χ0n) is 15.1. The van der Waals surface area contributed by atoms with Crippen LogP contribution in [0.5, 0.6) is 0 Å². The van der Waals surface area contributed by atoms with E-state index in [1.807, 2.05) is 19.9 Å². The summed E-state index contributed by atoms with van der Waals surface area (Å²) in [6.45, 7) is 5.29. The summed E-state index contributed by atoms with van der Waals surface area (Å²) in [5.41, 5.74) is 2.43. The summed E-state index contributed by atoms with van der Waals surface area (Å²) < 4.78 is 52.7. The minimum Gasteiger partial charge on any atom is -0.280 e. The van der Waals surface area contributed by atoms with Gasteiger partial charge in [-0.05, 0) is 61.4 Å². The van der Waals surface area contributed by atoms with E-state index in [-0.39, 0.29) is 16.3 Å². The molecular weight excluding hydrogens is 388 g/mol. The molecule has 2 aromatic carbocycles. The molecule has 1 heterocycles. The Morgan fingerprint density at radius 1 is 1.04 bits per heavy atom. The number of benzene rings is 2. The summed E-state index contributed by atoms with van der Waals surface area (Å²) in [4.78, 5) is 12.1. The van der Waals surface area contributed by atoms with Gasteiger partial charge in [-0.1, -0.05) is 13.0 Å². The van der Waals surface area contributed by atoms with Crippen molar-refractivity contribution >= 4 is 37.3 Å². The van der Waals surface area contributed by atoms with Gasteiger partial charge in [0.2, 0.25) is 15.9 Å². The number of amides is 1. The third kappa shape index (κ3) is 3.84. The van der Waals surface area contributed by atoms with E-state index in [9.17, 15) is 21.6 Å². The lowest BCUT2D eigenvalue weighted by molar-refractivity contribution is -0.119. The van der Waals surface area contributed by atoms with E-state index in [4.69, 9.17) is 0 Å². The van der Waals surface area contributed by atoms with Crippen molar-refractivity contribution in [2.24, 2.45) is 5.92 Å². The lowest BCUT2D eigenvalue weighted by atomic mass is 10.1. The Bertz CT molecular complexity index is 1090. The Morgan fingerprint density at radius 2 is 1.59 bits per heavy atom. The number of aryl methyl sites for hydroxylation is 2. The van der Waals surface area contributed by atoms with Crippen LogP contribution in [-0.4, -0.2) is 28.5 Å². The first-order chi connectivity index (χ1) is 12.5. The zero-order valence-corrected chi connectivity index (χ0v) is 16.8. The third-order valence-electron chi connectivity index (χ3n) is 4.22. The molecule has 0 saturated carbocycles. The number of hydrogen-bond acceptors (Lipinski definition) is 5. The number of carbonyl (C=O) groups is 1. The summed E-state index contributed by atoms with van der Waals surface area (Å²) >= 11 is 0. The average molecular weight is 409 g/mol. The molecule has 144 valence electrons. The van der Waals surface area contributed by atoms with Crippen LogP contribution in [0.3, 0.4) is 0 Å². The largest absolute Gasteiger partial charge is 0.280 e. The summed E-state index contributed by atoms with van der Waals surface area (Å²) in [5, 5.41) is 0. The summed E-state index contributed by atoms with van der Waals surface area (Å²) in [5.74, 6) is -1.39. The van der Waals surface area contributed by atoms with Crippen LogP contribution in [0.4, 0.5) is 11.4 Å². The van der Waals surface area contributed by atoms with Crippen molar-refractivity contribution in [1.82, 2.24) is 0 Å². The first-order valence-electron chi connectivity index (χ1n) is 8.28. The number of rotatable bonds is 4. The van der Waals surface area contributed by atoms with Crippen LogP contribution in [0, 0.1) is 19.8 Å². The van der Waals surface area contributed by atoms with Gasteiger partial charge in [-0.2, -0.15) is 0 Å². The molecule has 1 atom stereocenters. The van der Waals surface area contributed by atoms with Crippen LogP contribution < -0.4 is 9.03 Å². The molecular formula is C18H20N2O5S2. The Morgan fingerprint density at radius 3 is 2.07 bits per heavy atom. The van der Waals surface area contributed by atoms with E-state index in [0.29, 0.717) is 5.69 Å². The highest BCUT2D eigenvalue weighted by atomic mass is 32.2. The molecule has 0 aromatic heterocycles. The number of sulfonamides is 2. The monoisotopic (exact) mass is 408 g/mol. The van der Waals surface area contributed by atoms with Gasteiger partial charge in [-0.15, -0.1) is 0 Å². The van der Waals surface area contributed by atoms with E-state index in [1.54, 1.807) is 19.1 Å². The second kappa shape index (κ2) is 6.65. The van der Waals surface area contributed by atoms with Crippen molar-refractivity contribution < 1.29 is 21.6 Å². The number of anilines is 2. The van der Waals surface area contributed by atoms with Gasteiger partial charge in [-0.25, -0.2) is 21.1 Å². The molecule has 1 amide bonds. The Labute approximate surface area is 159 Å². The van der Waals surface area contributed by atoms with Crippen molar-refractivity contribution in [2.45, 2.75) is 25.7 Å². The summed E-state index contributed by atoms with van der Waals surface area (Å²) in [6.07, 6.45) is 0. The molecule has 0 aliphatic carbocycles. The number of nitrogens with zero attached hydrogens (tertiary/aromatic N) is 1. The van der Waals surface area contributed by atoms with Crippen LogP contribution in [-0.2, 0) is 24.8 Å². The van der Waals surface area contributed by atoms with Crippen LogP contribution >= 0.6 is 0 Å². The van der Waals surface area contributed by atoms with Crippen LogP contribution in [0.25, 0.3) is 0 Å². The second-order valence-electron chi connectivity index (χ2n) is 6.76. The number of nitrogens with one attached hydrogen (secondary N) is 1. The van der Waals surface area contributed by atoms with Gasteiger partial charge in [0.15, 0.2) is 0 Å². The SMILES string of the molecule is Cc1cc(C)cc(NS(=O)(=O)c2ccc(N3C(=O)C(C)CS3(=O)=O)cc2)c1. The second-order valence-corrected chi connectivity index (χ2v) is 10.3. The van der Waals surface area contributed by atoms with E-state index < -0.39 is 31.9 Å². The van der Waals surface area contributed by atoms with Gasteiger partial charge in [0.25, 0.3) is 10.0 Å². The third-order valence-corrected chi connectivity index (χ3v) is 7.48. The van der Waals surface area contributed by atoms with Gasteiger partial charge in [0, 0.05) is 5.69 Å². The molecule has 9 heteroatoms. The topological polar surface area (TPSA) is 101 Å². The van der Waals surface area contributed by atoms with Gasteiger partial charge in [0.1, 0.15) is 0 Å². The molecule has 0 radical (unpaired) electrons. The van der Waals surface area contributed by atoms with Crippen molar-refractivity contribution in [2.75, 3.05) is 14.8 Å². The maximum absolute atomic E-state index is 12.6. The Balaban J connectivity index is 1.89. The fourth-order valence-electron chi connectivity index (χ4n) is 3.10. The standard InChI is InChI=1S/C18H20N2O5S2/c1-12-8-13(2)10-15(9-12)19-27(24,25)17-6-4-16(5-7-17)20-18(21)14(3)11-26(20,22)23/h4-10,14,19H,11H2,1-3H3. The summed E-state index contributed by atoms with van der Waals surface area (Å²) in [7, 11) is -7.57. The average Bonchev–Trinajstić information content (AvgIpc) is 2.73. The highest BCUT2D eigenvalue weighted by Gasteiger charge is 2.41. The van der Waals surface area contributed by atoms with Gasteiger partial charge < -0.3 is 0 Å². The molecule has 27 heavy (non-hydrogen) atoms. The van der Waals surface area contributed by atoms with Crippen LogP contribution in [0.2, 0.25) is 0 Å². The smallest absolute Gasteiger partial charge is 0.261 e. The predicted molar refractivity (Wildman–Crippen MR) is 104 cm³/mol. The van der Waals surface area contributed by atoms with Crippen LogP contribution in [0.1, 0.15) is 18.1 Å². The molecule has 1 aliphatic heterocycles. The minimum absolute atomic E-state index is 0.0255. The molecule has 2 aromatic rings. The molecule has 0 spiro atoms. The van der Waals surface area contributed by atoms with E-state index in [0.717, 1.165) is 15.4 Å². The molecule has 0 bridgehead atoms. The van der Waals surface area contributed by atoms with Crippen molar-refractivity contribution in [1.29, 1.82) is 0 Å². The minimum atomic E-state index is -3.84. The number of hydrogen-bond donors (Lipinski definition) is 1. The normalized spacial score (nSPS) is 19.3. The maximum atomic E-state index is 12.6. The molecule has 1 N–H and O–H groups in total. The molecule has 1 aliphatic rings.